The lowest BCUT2D eigenvalue weighted by Gasteiger charge is -2.05. The van der Waals surface area contributed by atoms with Gasteiger partial charge in [-0.2, -0.15) is 0 Å². The molecule has 1 aliphatic rings. The van der Waals surface area contributed by atoms with Gasteiger partial charge in [0.05, 0.1) is 5.69 Å². The first-order valence-electron chi connectivity index (χ1n) is 5.73. The van der Waals surface area contributed by atoms with Crippen LogP contribution in [0.2, 0.25) is 0 Å². The van der Waals surface area contributed by atoms with Gasteiger partial charge in [0, 0.05) is 28.2 Å². The van der Waals surface area contributed by atoms with Crippen molar-refractivity contribution in [3.8, 4) is 11.3 Å². The zero-order chi connectivity index (χ0) is 11.8. The second-order valence-electron chi connectivity index (χ2n) is 4.45. The van der Waals surface area contributed by atoms with E-state index in [0.717, 1.165) is 34.3 Å². The Labute approximate surface area is 109 Å². The average molecular weight is 289 g/mol. The number of nitrogens with two attached hydrogens (primary N) is 1. The number of pyridine rings is 1. The van der Waals surface area contributed by atoms with Gasteiger partial charge in [0.15, 0.2) is 0 Å². The summed E-state index contributed by atoms with van der Waals surface area (Å²) >= 11 is 3.56. The zero-order valence-corrected chi connectivity index (χ0v) is 10.9. The molecule has 1 atom stereocenters. The number of rotatable bonds is 1. The highest BCUT2D eigenvalue weighted by Gasteiger charge is 2.20. The second-order valence-corrected chi connectivity index (χ2v) is 5.30. The van der Waals surface area contributed by atoms with Gasteiger partial charge in [-0.05, 0) is 24.1 Å². The molecule has 0 amide bonds. The molecule has 3 rings (SSSR count). The van der Waals surface area contributed by atoms with Gasteiger partial charge in [0.25, 0.3) is 0 Å². The van der Waals surface area contributed by atoms with E-state index in [1.54, 1.807) is 0 Å². The van der Waals surface area contributed by atoms with E-state index in [0.29, 0.717) is 0 Å². The van der Waals surface area contributed by atoms with Crippen molar-refractivity contribution in [1.29, 1.82) is 0 Å². The molecule has 0 fully saturated rings. The third kappa shape index (κ3) is 2.01. The monoisotopic (exact) mass is 288 g/mol. The molecule has 0 spiro atoms. The van der Waals surface area contributed by atoms with E-state index in [9.17, 15) is 0 Å². The van der Waals surface area contributed by atoms with Gasteiger partial charge in [0.1, 0.15) is 0 Å². The number of benzene rings is 1. The molecule has 1 heterocycles. The quantitative estimate of drug-likeness (QED) is 0.876. The van der Waals surface area contributed by atoms with E-state index in [-0.39, 0.29) is 6.04 Å². The van der Waals surface area contributed by atoms with Crippen molar-refractivity contribution in [2.45, 2.75) is 18.9 Å². The van der Waals surface area contributed by atoms with Crippen molar-refractivity contribution >= 4 is 15.9 Å². The summed E-state index contributed by atoms with van der Waals surface area (Å²) in [6.45, 7) is 0. The fourth-order valence-corrected chi connectivity index (χ4v) is 2.80. The molecule has 0 bridgehead atoms. The minimum Gasteiger partial charge on any atom is -0.327 e. The highest BCUT2D eigenvalue weighted by Crippen LogP contribution is 2.29. The molecule has 0 saturated heterocycles. The Morgan fingerprint density at radius 3 is 2.76 bits per heavy atom. The predicted molar refractivity (Wildman–Crippen MR) is 72.8 cm³/mol. The van der Waals surface area contributed by atoms with Crippen molar-refractivity contribution in [2.75, 3.05) is 0 Å². The van der Waals surface area contributed by atoms with Gasteiger partial charge in [-0.3, -0.25) is 4.98 Å². The molecule has 2 N–H and O–H groups in total. The molecule has 2 aromatic rings. The first-order valence-corrected chi connectivity index (χ1v) is 6.52. The summed E-state index contributed by atoms with van der Waals surface area (Å²) in [7, 11) is 0. The summed E-state index contributed by atoms with van der Waals surface area (Å²) in [5, 5.41) is 0. The second kappa shape index (κ2) is 4.24. The number of fused-ring (bicyclic) bond motifs is 1. The van der Waals surface area contributed by atoms with E-state index in [2.05, 4.69) is 34.1 Å². The summed E-state index contributed by atoms with van der Waals surface area (Å²) in [6.07, 6.45) is 1.85. The standard InChI is InChI=1S/C14H13BrN2/c15-12-4-2-1-3-11(12)13-6-5-9-7-10(16)8-14(9)17-13/h1-6,10H,7-8,16H2. The van der Waals surface area contributed by atoms with Gasteiger partial charge in [-0.25, -0.2) is 0 Å². The van der Waals surface area contributed by atoms with Crippen LogP contribution < -0.4 is 5.73 Å². The minimum atomic E-state index is 0.243. The lowest BCUT2D eigenvalue weighted by atomic mass is 10.1. The van der Waals surface area contributed by atoms with Crippen molar-refractivity contribution < 1.29 is 0 Å². The number of hydrogen-bond donors (Lipinski definition) is 1. The summed E-state index contributed by atoms with van der Waals surface area (Å²) in [4.78, 5) is 4.72. The Morgan fingerprint density at radius 2 is 1.94 bits per heavy atom. The lowest BCUT2D eigenvalue weighted by molar-refractivity contribution is 0.716. The Kier molecular flexibility index (Phi) is 2.73. The molecule has 17 heavy (non-hydrogen) atoms. The minimum absolute atomic E-state index is 0.243. The smallest absolute Gasteiger partial charge is 0.0716 e. The number of hydrogen-bond acceptors (Lipinski definition) is 2. The SMILES string of the molecule is NC1Cc2ccc(-c3ccccc3Br)nc2C1. The lowest BCUT2D eigenvalue weighted by Crippen LogP contribution is -2.19. The highest BCUT2D eigenvalue weighted by atomic mass is 79.9. The normalized spacial score (nSPS) is 18.1. The molecule has 0 aliphatic heterocycles. The van der Waals surface area contributed by atoms with Crippen molar-refractivity contribution in [3.63, 3.8) is 0 Å². The molecule has 86 valence electrons. The van der Waals surface area contributed by atoms with Crippen LogP contribution in [0.15, 0.2) is 40.9 Å². The van der Waals surface area contributed by atoms with E-state index in [1.807, 2.05) is 18.2 Å². The summed E-state index contributed by atoms with van der Waals surface area (Å²) in [5.41, 5.74) is 10.6. The van der Waals surface area contributed by atoms with Crippen LogP contribution in [0.3, 0.4) is 0 Å². The largest absolute Gasteiger partial charge is 0.327 e. The third-order valence-corrected chi connectivity index (χ3v) is 3.85. The Hall–Kier alpha value is -1.19. The molecular formula is C14H13BrN2. The predicted octanol–water partition coefficient (Wildman–Crippen LogP) is 2.94. The maximum absolute atomic E-state index is 5.95. The van der Waals surface area contributed by atoms with Crippen LogP contribution in [0.4, 0.5) is 0 Å². The number of halogens is 1. The maximum Gasteiger partial charge on any atom is 0.0716 e. The summed E-state index contributed by atoms with van der Waals surface area (Å²) < 4.78 is 1.08. The van der Waals surface area contributed by atoms with Gasteiger partial charge in [-0.15, -0.1) is 0 Å². The zero-order valence-electron chi connectivity index (χ0n) is 9.36. The summed E-state index contributed by atoms with van der Waals surface area (Å²) in [5.74, 6) is 0. The van der Waals surface area contributed by atoms with E-state index in [4.69, 9.17) is 10.7 Å². The molecule has 2 nitrogen and oxygen atoms in total. The Balaban J connectivity index is 2.07. The van der Waals surface area contributed by atoms with Crippen molar-refractivity contribution in [2.24, 2.45) is 5.73 Å². The molecule has 1 unspecified atom stereocenters. The highest BCUT2D eigenvalue weighted by molar-refractivity contribution is 9.10. The van der Waals surface area contributed by atoms with E-state index >= 15 is 0 Å². The Morgan fingerprint density at radius 1 is 1.12 bits per heavy atom. The van der Waals surface area contributed by atoms with Crippen LogP contribution in [-0.2, 0) is 12.8 Å². The number of nitrogens with zero attached hydrogens (tertiary/aromatic N) is 1. The maximum atomic E-state index is 5.95. The van der Waals surface area contributed by atoms with Crippen LogP contribution in [0.25, 0.3) is 11.3 Å². The third-order valence-electron chi connectivity index (χ3n) is 3.16. The summed E-state index contributed by atoms with van der Waals surface area (Å²) in [6, 6.07) is 12.6. The van der Waals surface area contributed by atoms with Gasteiger partial charge in [0.2, 0.25) is 0 Å². The van der Waals surface area contributed by atoms with Crippen molar-refractivity contribution in [3.05, 3.63) is 52.1 Å². The van der Waals surface area contributed by atoms with E-state index < -0.39 is 0 Å². The molecule has 1 aromatic carbocycles. The van der Waals surface area contributed by atoms with Crippen LogP contribution in [0.5, 0.6) is 0 Å². The topological polar surface area (TPSA) is 38.9 Å². The van der Waals surface area contributed by atoms with Gasteiger partial charge in [-0.1, -0.05) is 40.2 Å². The van der Waals surface area contributed by atoms with Gasteiger partial charge < -0.3 is 5.73 Å². The molecule has 3 heteroatoms. The Bertz CT molecular complexity index is 566. The van der Waals surface area contributed by atoms with E-state index in [1.165, 1.54) is 5.56 Å². The molecule has 0 radical (unpaired) electrons. The molecule has 1 aromatic heterocycles. The first kappa shape index (κ1) is 10.9. The van der Waals surface area contributed by atoms with Crippen LogP contribution in [0, 0.1) is 0 Å². The molecule has 0 saturated carbocycles. The molecular weight excluding hydrogens is 276 g/mol. The van der Waals surface area contributed by atoms with Crippen LogP contribution >= 0.6 is 15.9 Å². The first-order chi connectivity index (χ1) is 8.24. The molecule has 1 aliphatic carbocycles. The fraction of sp³-hybridized carbons (Fsp3) is 0.214. The van der Waals surface area contributed by atoms with Gasteiger partial charge >= 0.3 is 0 Å². The van der Waals surface area contributed by atoms with Crippen LogP contribution in [0.1, 0.15) is 11.3 Å². The fourth-order valence-electron chi connectivity index (χ4n) is 2.31. The number of aromatic nitrogens is 1. The van der Waals surface area contributed by atoms with Crippen LogP contribution in [-0.4, -0.2) is 11.0 Å². The van der Waals surface area contributed by atoms with Crippen molar-refractivity contribution in [1.82, 2.24) is 4.98 Å². The average Bonchev–Trinajstić information content (AvgIpc) is 2.68.